The average molecular weight is 597 g/mol. The minimum atomic E-state index is -1.17. The normalized spacial score (nSPS) is 16.1. The molecule has 2 aliphatic heterocycles. The van der Waals surface area contributed by atoms with E-state index in [1.165, 1.54) is 0 Å². The Bertz CT molecular complexity index is 1630. The van der Waals surface area contributed by atoms with Gasteiger partial charge in [0, 0.05) is 58.3 Å². The lowest BCUT2D eigenvalue weighted by atomic mass is 9.77. The second kappa shape index (κ2) is 12.2. The first-order valence-corrected chi connectivity index (χ1v) is 15.6. The van der Waals surface area contributed by atoms with E-state index < -0.39 is 5.60 Å². The van der Waals surface area contributed by atoms with Gasteiger partial charge in [-0.2, -0.15) is 0 Å². The van der Waals surface area contributed by atoms with Gasteiger partial charge in [-0.3, -0.25) is 0 Å². The number of rotatable bonds is 11. The van der Waals surface area contributed by atoms with Crippen LogP contribution in [0.4, 0.5) is 17.1 Å². The molecule has 0 aromatic heterocycles. The topological polar surface area (TPSA) is 60.0 Å². The summed E-state index contributed by atoms with van der Waals surface area (Å²) in [6, 6.07) is 25.3. The summed E-state index contributed by atoms with van der Waals surface area (Å²) in [5, 5.41) is 4.13. The van der Waals surface area contributed by atoms with Gasteiger partial charge in [-0.1, -0.05) is 56.5 Å². The van der Waals surface area contributed by atoms with Crippen molar-refractivity contribution in [3.63, 3.8) is 0 Å². The molecule has 0 aliphatic carbocycles. The number of benzene rings is 4. The molecule has 0 saturated carbocycles. The van der Waals surface area contributed by atoms with Crippen LogP contribution in [0.25, 0.3) is 0 Å². The predicted molar refractivity (Wildman–Crippen MR) is 173 cm³/mol. The van der Waals surface area contributed by atoms with E-state index in [9.17, 15) is 4.79 Å². The Morgan fingerprint density at radius 1 is 0.837 bits per heavy atom. The van der Waals surface area contributed by atoms with Crippen molar-refractivity contribution < 1.29 is 19.0 Å². The molecule has 6 rings (SSSR count). The first-order valence-electron chi connectivity index (χ1n) is 15.2. The monoisotopic (exact) mass is 596 g/mol. The Balaban J connectivity index is 1.53. The molecule has 0 amide bonds. The summed E-state index contributed by atoms with van der Waals surface area (Å²) >= 11 is 6.14. The van der Waals surface area contributed by atoms with Crippen LogP contribution < -0.4 is 19.7 Å². The second-order valence-corrected chi connectivity index (χ2v) is 11.4. The van der Waals surface area contributed by atoms with Crippen molar-refractivity contribution in [3.05, 3.63) is 106 Å². The molecular weight excluding hydrogens is 560 g/mol. The van der Waals surface area contributed by atoms with E-state index in [1.54, 1.807) is 0 Å². The third-order valence-corrected chi connectivity index (χ3v) is 8.40. The Kier molecular flexibility index (Phi) is 8.22. The maximum atomic E-state index is 13.4. The van der Waals surface area contributed by atoms with Gasteiger partial charge in [0.05, 0.1) is 17.9 Å². The minimum absolute atomic E-state index is 0.355. The molecule has 6 nitrogen and oxygen atoms in total. The number of carbonyl (C=O) groups excluding carboxylic acids is 1. The zero-order valence-electron chi connectivity index (χ0n) is 24.9. The van der Waals surface area contributed by atoms with Crippen molar-refractivity contribution in [3.8, 4) is 17.2 Å². The summed E-state index contributed by atoms with van der Waals surface area (Å²) in [5.74, 6) is 1.55. The van der Waals surface area contributed by atoms with E-state index in [2.05, 4.69) is 42.3 Å². The largest absolute Gasteiger partial charge is 0.492 e. The number of hydrogen-bond donors (Lipinski definition) is 1. The standard InChI is InChI=1S/C36H37ClN2O4/c1-4-7-19-39(20-8-5-2)26-17-18-29-32(21-26)42-33-23-34(41-6-3)31(38-25-15-13-24(37)14-16-25)22-30(33)36(29)28-12-10-9-11-27(28)35(40)43-36/h9-18,21-23,38H,4-8,19-20H2,1-3H3. The van der Waals surface area contributed by atoms with Crippen molar-refractivity contribution in [1.82, 2.24) is 0 Å². The first-order chi connectivity index (χ1) is 21.0. The van der Waals surface area contributed by atoms with Gasteiger partial charge >= 0.3 is 5.97 Å². The predicted octanol–water partition coefficient (Wildman–Crippen LogP) is 9.46. The third kappa shape index (κ3) is 5.29. The number of unbranched alkanes of at least 4 members (excludes halogenated alkanes) is 2. The Morgan fingerprint density at radius 2 is 1.56 bits per heavy atom. The first kappa shape index (κ1) is 28.9. The van der Waals surface area contributed by atoms with Gasteiger partial charge in [0.2, 0.25) is 0 Å². The minimum Gasteiger partial charge on any atom is -0.492 e. The van der Waals surface area contributed by atoms with Gasteiger partial charge in [-0.05, 0) is 68.3 Å². The molecule has 222 valence electrons. The fraction of sp³-hybridized carbons (Fsp3) is 0.306. The van der Waals surface area contributed by atoms with Gasteiger partial charge < -0.3 is 24.4 Å². The molecule has 0 fully saturated rings. The fourth-order valence-electron chi connectivity index (χ4n) is 6.01. The molecule has 4 aromatic rings. The van der Waals surface area contributed by atoms with Crippen molar-refractivity contribution in [1.29, 1.82) is 0 Å². The number of fused-ring (bicyclic) bond motifs is 6. The van der Waals surface area contributed by atoms with E-state index >= 15 is 0 Å². The molecule has 0 radical (unpaired) electrons. The quantitative estimate of drug-likeness (QED) is 0.174. The Labute approximate surface area is 258 Å². The highest BCUT2D eigenvalue weighted by Crippen LogP contribution is 2.58. The Morgan fingerprint density at radius 3 is 2.28 bits per heavy atom. The summed E-state index contributed by atoms with van der Waals surface area (Å²) in [5.41, 5.74) is 4.40. The third-order valence-electron chi connectivity index (χ3n) is 8.15. The molecule has 2 heterocycles. The van der Waals surface area contributed by atoms with Gasteiger partial charge in [-0.25, -0.2) is 4.79 Å². The lowest BCUT2D eigenvalue weighted by Crippen LogP contribution is -2.33. The molecule has 2 aliphatic rings. The lowest BCUT2D eigenvalue weighted by Gasteiger charge is -2.38. The maximum Gasteiger partial charge on any atom is 0.340 e. The molecule has 0 saturated heterocycles. The second-order valence-electron chi connectivity index (χ2n) is 11.0. The SMILES string of the molecule is CCCCN(CCCC)c1ccc2c(c1)Oc1cc(OCC)c(Nc3ccc(Cl)cc3)cc1C21OC(=O)c2ccccc21. The molecule has 1 unspecified atom stereocenters. The molecule has 4 aromatic carbocycles. The number of nitrogens with one attached hydrogen (secondary N) is 1. The van der Waals surface area contributed by atoms with Crippen molar-refractivity contribution in [2.24, 2.45) is 0 Å². The summed E-state index contributed by atoms with van der Waals surface area (Å²) in [6.07, 6.45) is 4.47. The number of anilines is 3. The summed E-state index contributed by atoms with van der Waals surface area (Å²) in [4.78, 5) is 15.9. The van der Waals surface area contributed by atoms with E-state index in [1.807, 2.05) is 67.6 Å². The van der Waals surface area contributed by atoms with Crippen LogP contribution in [0, 0.1) is 0 Å². The van der Waals surface area contributed by atoms with Crippen molar-refractivity contribution in [2.45, 2.75) is 52.1 Å². The summed E-state index contributed by atoms with van der Waals surface area (Å²) in [6.45, 7) is 8.80. The fourth-order valence-corrected chi connectivity index (χ4v) is 6.14. The number of nitrogens with zero attached hydrogens (tertiary/aromatic N) is 1. The molecule has 43 heavy (non-hydrogen) atoms. The van der Waals surface area contributed by atoms with Crippen molar-refractivity contribution >= 4 is 34.6 Å². The molecule has 1 spiro atoms. The van der Waals surface area contributed by atoms with Gasteiger partial charge in [0.1, 0.15) is 17.2 Å². The van der Waals surface area contributed by atoms with Crippen molar-refractivity contribution in [2.75, 3.05) is 29.9 Å². The van der Waals surface area contributed by atoms with Gasteiger partial charge in [0.25, 0.3) is 0 Å². The van der Waals surface area contributed by atoms with Crippen LogP contribution in [-0.2, 0) is 10.3 Å². The number of esters is 1. The Hall–Kier alpha value is -4.16. The van der Waals surface area contributed by atoms with Crippen LogP contribution in [0.2, 0.25) is 5.02 Å². The van der Waals surface area contributed by atoms with E-state index in [4.69, 9.17) is 25.8 Å². The zero-order valence-corrected chi connectivity index (χ0v) is 25.7. The van der Waals surface area contributed by atoms with Crippen LogP contribution >= 0.6 is 11.6 Å². The van der Waals surface area contributed by atoms with Gasteiger partial charge in [-0.15, -0.1) is 0 Å². The maximum absolute atomic E-state index is 13.4. The molecule has 1 N–H and O–H groups in total. The molecule has 0 bridgehead atoms. The van der Waals surface area contributed by atoms with Crippen LogP contribution in [0.1, 0.15) is 73.5 Å². The van der Waals surface area contributed by atoms with E-state index in [0.29, 0.717) is 34.4 Å². The van der Waals surface area contributed by atoms with Gasteiger partial charge in [0.15, 0.2) is 5.60 Å². The smallest absolute Gasteiger partial charge is 0.340 e. The lowest BCUT2D eigenvalue weighted by molar-refractivity contribution is 0.0224. The van der Waals surface area contributed by atoms with E-state index in [0.717, 1.165) is 72.5 Å². The van der Waals surface area contributed by atoms with Crippen LogP contribution in [0.15, 0.2) is 78.9 Å². The highest BCUT2D eigenvalue weighted by atomic mass is 35.5. The number of ether oxygens (including phenoxy) is 3. The van der Waals surface area contributed by atoms with Crippen LogP contribution in [0.5, 0.6) is 17.2 Å². The summed E-state index contributed by atoms with van der Waals surface area (Å²) < 4.78 is 19.2. The highest BCUT2D eigenvalue weighted by molar-refractivity contribution is 6.30. The van der Waals surface area contributed by atoms with Crippen LogP contribution in [-0.4, -0.2) is 25.7 Å². The molecule has 1 atom stereocenters. The average Bonchev–Trinajstić information content (AvgIpc) is 3.31. The van der Waals surface area contributed by atoms with Crippen LogP contribution in [0.3, 0.4) is 0 Å². The number of hydrogen-bond acceptors (Lipinski definition) is 6. The number of halogens is 1. The van der Waals surface area contributed by atoms with E-state index in [-0.39, 0.29) is 5.97 Å². The highest BCUT2D eigenvalue weighted by Gasteiger charge is 2.54. The molecule has 7 heteroatoms. The number of carbonyl (C=O) groups is 1. The molecular formula is C36H37ClN2O4. The summed E-state index contributed by atoms with van der Waals surface area (Å²) in [7, 11) is 0. The zero-order chi connectivity index (χ0) is 30.0.